The number of pyridine rings is 1. The van der Waals surface area contributed by atoms with Gasteiger partial charge in [-0.05, 0) is 36.8 Å². The van der Waals surface area contributed by atoms with Crippen LogP contribution in [0.1, 0.15) is 31.2 Å². The first kappa shape index (κ1) is 11.1. The predicted octanol–water partition coefficient (Wildman–Crippen LogP) is 2.52. The van der Waals surface area contributed by atoms with Crippen LogP contribution in [0.5, 0.6) is 0 Å². The van der Waals surface area contributed by atoms with E-state index < -0.39 is 5.97 Å². The van der Waals surface area contributed by atoms with Crippen LogP contribution in [0, 0.1) is 11.8 Å². The van der Waals surface area contributed by atoms with Crippen molar-refractivity contribution in [1.82, 2.24) is 4.98 Å². The average Bonchev–Trinajstić information content (AvgIpc) is 2.31. The lowest BCUT2D eigenvalue weighted by molar-refractivity contribution is -0.144. The molecule has 3 heteroatoms. The first-order valence-electron chi connectivity index (χ1n) is 5.89. The molecule has 0 aromatic carbocycles. The number of aliphatic carboxylic acids is 1. The smallest absolute Gasteiger partial charge is 0.306 e. The van der Waals surface area contributed by atoms with Gasteiger partial charge in [0.2, 0.25) is 0 Å². The van der Waals surface area contributed by atoms with E-state index in [1.807, 2.05) is 18.3 Å². The number of carboxylic acids is 1. The van der Waals surface area contributed by atoms with E-state index in [1.165, 1.54) is 0 Å². The van der Waals surface area contributed by atoms with Gasteiger partial charge in [-0.15, -0.1) is 0 Å². The lowest BCUT2D eigenvalue weighted by Crippen LogP contribution is -2.28. The van der Waals surface area contributed by atoms with Crippen LogP contribution in [-0.2, 0) is 11.2 Å². The van der Waals surface area contributed by atoms with Crippen LogP contribution in [-0.4, -0.2) is 16.1 Å². The molecule has 2 rings (SSSR count). The minimum atomic E-state index is -0.631. The van der Waals surface area contributed by atoms with E-state index in [-0.39, 0.29) is 11.8 Å². The molecule has 0 spiro atoms. The fourth-order valence-corrected chi connectivity index (χ4v) is 2.60. The number of hydrogen-bond acceptors (Lipinski definition) is 2. The molecule has 1 aromatic heterocycles. The molecule has 0 saturated heterocycles. The van der Waals surface area contributed by atoms with Crippen molar-refractivity contribution in [2.75, 3.05) is 0 Å². The van der Waals surface area contributed by atoms with Gasteiger partial charge in [0.05, 0.1) is 5.92 Å². The zero-order valence-electron chi connectivity index (χ0n) is 9.30. The van der Waals surface area contributed by atoms with Crippen molar-refractivity contribution in [1.29, 1.82) is 0 Å². The molecule has 16 heavy (non-hydrogen) atoms. The maximum Gasteiger partial charge on any atom is 0.306 e. The summed E-state index contributed by atoms with van der Waals surface area (Å²) in [4.78, 5) is 15.2. The summed E-state index contributed by atoms with van der Waals surface area (Å²) in [5.74, 6) is -0.502. The van der Waals surface area contributed by atoms with Gasteiger partial charge in [-0.2, -0.15) is 0 Å². The first-order valence-corrected chi connectivity index (χ1v) is 5.89. The predicted molar refractivity (Wildman–Crippen MR) is 61.0 cm³/mol. The summed E-state index contributed by atoms with van der Waals surface area (Å²) in [6.45, 7) is 0. The largest absolute Gasteiger partial charge is 0.481 e. The number of aromatic nitrogens is 1. The normalized spacial score (nSPS) is 25.2. The van der Waals surface area contributed by atoms with Crippen molar-refractivity contribution in [2.24, 2.45) is 11.8 Å². The molecule has 1 N–H and O–H groups in total. The second-order valence-corrected chi connectivity index (χ2v) is 4.55. The van der Waals surface area contributed by atoms with E-state index in [2.05, 4.69) is 4.98 Å². The van der Waals surface area contributed by atoms with Crippen molar-refractivity contribution in [3.05, 3.63) is 30.1 Å². The van der Waals surface area contributed by atoms with Crippen LogP contribution in [0.15, 0.2) is 24.5 Å². The first-order chi connectivity index (χ1) is 7.77. The molecular weight excluding hydrogens is 202 g/mol. The van der Waals surface area contributed by atoms with Gasteiger partial charge in [-0.25, -0.2) is 0 Å². The maximum absolute atomic E-state index is 11.1. The molecule has 1 saturated carbocycles. The number of hydrogen-bond donors (Lipinski definition) is 1. The van der Waals surface area contributed by atoms with Crippen LogP contribution in [0.4, 0.5) is 0 Å². The van der Waals surface area contributed by atoms with E-state index in [1.54, 1.807) is 6.20 Å². The molecular formula is C13H17NO2. The summed E-state index contributed by atoms with van der Waals surface area (Å²) in [5.41, 5.74) is 1.15. The Kier molecular flexibility index (Phi) is 3.54. The van der Waals surface area contributed by atoms with Crippen LogP contribution in [0.2, 0.25) is 0 Å². The van der Waals surface area contributed by atoms with E-state index >= 15 is 0 Å². The molecule has 2 unspecified atom stereocenters. The molecule has 1 heterocycles. The summed E-state index contributed by atoms with van der Waals surface area (Å²) in [5, 5.41) is 9.17. The monoisotopic (exact) mass is 219 g/mol. The Bertz CT molecular complexity index is 350. The van der Waals surface area contributed by atoms with Gasteiger partial charge in [0.25, 0.3) is 0 Å². The van der Waals surface area contributed by atoms with Crippen LogP contribution >= 0.6 is 0 Å². The number of nitrogens with zero attached hydrogens (tertiary/aromatic N) is 1. The zero-order chi connectivity index (χ0) is 11.4. The Hall–Kier alpha value is -1.38. The molecule has 1 fully saturated rings. The van der Waals surface area contributed by atoms with Gasteiger partial charge in [-0.3, -0.25) is 9.78 Å². The minimum Gasteiger partial charge on any atom is -0.481 e. The van der Waals surface area contributed by atoms with Gasteiger partial charge in [0, 0.05) is 12.4 Å². The van der Waals surface area contributed by atoms with Crippen molar-refractivity contribution >= 4 is 5.97 Å². The van der Waals surface area contributed by atoms with E-state index in [0.29, 0.717) is 0 Å². The van der Waals surface area contributed by atoms with Gasteiger partial charge in [0.1, 0.15) is 0 Å². The molecule has 1 aliphatic carbocycles. The lowest BCUT2D eigenvalue weighted by Gasteiger charge is -2.28. The quantitative estimate of drug-likeness (QED) is 0.849. The third kappa shape index (κ3) is 2.60. The fourth-order valence-electron chi connectivity index (χ4n) is 2.60. The highest BCUT2D eigenvalue weighted by Crippen LogP contribution is 2.32. The molecule has 0 aliphatic heterocycles. The lowest BCUT2D eigenvalue weighted by atomic mass is 9.76. The highest BCUT2D eigenvalue weighted by molar-refractivity contribution is 5.70. The van der Waals surface area contributed by atoms with E-state index in [9.17, 15) is 9.90 Å². The van der Waals surface area contributed by atoms with Gasteiger partial charge >= 0.3 is 5.97 Å². The summed E-state index contributed by atoms with van der Waals surface area (Å²) in [6.07, 6.45) is 8.53. The molecule has 0 bridgehead atoms. The van der Waals surface area contributed by atoms with Crippen molar-refractivity contribution in [3.8, 4) is 0 Å². The van der Waals surface area contributed by atoms with Crippen molar-refractivity contribution < 1.29 is 9.90 Å². The molecule has 1 aliphatic rings. The van der Waals surface area contributed by atoms with Crippen molar-refractivity contribution in [3.63, 3.8) is 0 Å². The zero-order valence-corrected chi connectivity index (χ0v) is 9.30. The Morgan fingerprint density at radius 3 is 2.94 bits per heavy atom. The maximum atomic E-state index is 11.1. The fraction of sp³-hybridized carbons (Fsp3) is 0.538. The van der Waals surface area contributed by atoms with Gasteiger partial charge in [-0.1, -0.05) is 18.9 Å². The highest BCUT2D eigenvalue weighted by Gasteiger charge is 2.30. The molecule has 0 amide bonds. The molecule has 2 atom stereocenters. The van der Waals surface area contributed by atoms with Gasteiger partial charge in [0.15, 0.2) is 0 Å². The third-order valence-electron chi connectivity index (χ3n) is 3.45. The molecule has 1 aromatic rings. The van der Waals surface area contributed by atoms with E-state index in [4.69, 9.17) is 0 Å². The number of rotatable bonds is 3. The van der Waals surface area contributed by atoms with Crippen LogP contribution in [0.3, 0.4) is 0 Å². The molecule has 3 nitrogen and oxygen atoms in total. The van der Waals surface area contributed by atoms with E-state index in [0.717, 1.165) is 37.7 Å². The number of carboxylic acid groups (broad SMARTS) is 1. The second kappa shape index (κ2) is 5.10. The minimum absolute atomic E-state index is 0.158. The Balaban J connectivity index is 2.04. The van der Waals surface area contributed by atoms with Crippen LogP contribution in [0.25, 0.3) is 0 Å². The Labute approximate surface area is 95.5 Å². The Morgan fingerprint density at radius 1 is 1.44 bits per heavy atom. The summed E-state index contributed by atoms with van der Waals surface area (Å²) < 4.78 is 0. The average molecular weight is 219 g/mol. The highest BCUT2D eigenvalue weighted by atomic mass is 16.4. The molecule has 0 radical (unpaired) electrons. The number of carbonyl (C=O) groups is 1. The topological polar surface area (TPSA) is 50.2 Å². The summed E-state index contributed by atoms with van der Waals surface area (Å²) in [7, 11) is 0. The Morgan fingerprint density at radius 2 is 2.25 bits per heavy atom. The third-order valence-corrected chi connectivity index (χ3v) is 3.45. The second-order valence-electron chi connectivity index (χ2n) is 4.55. The summed E-state index contributed by atoms with van der Waals surface area (Å²) in [6, 6.07) is 3.94. The standard InChI is InChI=1S/C13H17NO2/c15-13(16)12-6-2-1-5-11(12)8-10-4-3-7-14-9-10/h3-4,7,9,11-12H,1-2,5-6,8H2,(H,15,16). The molecule has 86 valence electrons. The SMILES string of the molecule is O=C(O)C1CCCCC1Cc1cccnc1. The van der Waals surface area contributed by atoms with Crippen LogP contribution < -0.4 is 0 Å². The van der Waals surface area contributed by atoms with Crippen molar-refractivity contribution in [2.45, 2.75) is 32.1 Å². The summed E-state index contributed by atoms with van der Waals surface area (Å²) >= 11 is 0. The van der Waals surface area contributed by atoms with Gasteiger partial charge < -0.3 is 5.11 Å².